The highest BCUT2D eigenvalue weighted by Crippen LogP contribution is 2.34. The van der Waals surface area contributed by atoms with Crippen LogP contribution in [0.3, 0.4) is 0 Å². The summed E-state index contributed by atoms with van der Waals surface area (Å²) >= 11 is 0. The molecule has 0 aliphatic rings. The van der Waals surface area contributed by atoms with Gasteiger partial charge in [0.2, 0.25) is 5.89 Å². The Morgan fingerprint density at radius 2 is 1.95 bits per heavy atom. The first-order valence-corrected chi connectivity index (χ1v) is 5.63. The van der Waals surface area contributed by atoms with E-state index >= 15 is 0 Å². The summed E-state index contributed by atoms with van der Waals surface area (Å²) in [5, 5.41) is 0. The van der Waals surface area contributed by atoms with Crippen LogP contribution in [0.5, 0.6) is 0 Å². The zero-order chi connectivity index (χ0) is 14.3. The molecule has 20 heavy (non-hydrogen) atoms. The number of hydrogen-bond acceptors (Lipinski definition) is 4. The van der Waals surface area contributed by atoms with Gasteiger partial charge in [0, 0.05) is 17.4 Å². The fraction of sp³-hybridized carbons (Fsp3) is 0.0769. The molecular formula is C13H8F3N3O. The van der Waals surface area contributed by atoms with Crippen molar-refractivity contribution in [3.8, 4) is 11.5 Å². The molecule has 0 saturated carbocycles. The summed E-state index contributed by atoms with van der Waals surface area (Å²) in [7, 11) is 0. The van der Waals surface area contributed by atoms with E-state index in [4.69, 9.17) is 10.2 Å². The van der Waals surface area contributed by atoms with Gasteiger partial charge in [-0.25, -0.2) is 4.98 Å². The number of rotatable bonds is 1. The molecule has 7 heteroatoms. The summed E-state index contributed by atoms with van der Waals surface area (Å²) in [6.07, 6.45) is -2.95. The Balaban J connectivity index is 2.16. The molecule has 0 unspecified atom stereocenters. The highest BCUT2D eigenvalue weighted by Gasteiger charge is 2.31. The van der Waals surface area contributed by atoms with Gasteiger partial charge in [0.15, 0.2) is 11.2 Å². The lowest BCUT2D eigenvalue weighted by Crippen LogP contribution is -2.06. The highest BCUT2D eigenvalue weighted by atomic mass is 19.4. The van der Waals surface area contributed by atoms with Gasteiger partial charge in [0.25, 0.3) is 0 Å². The smallest absolute Gasteiger partial charge is 0.416 e. The van der Waals surface area contributed by atoms with E-state index in [1.54, 1.807) is 12.1 Å². The minimum Gasteiger partial charge on any atom is -0.434 e. The van der Waals surface area contributed by atoms with Crippen LogP contribution in [0.1, 0.15) is 5.56 Å². The third kappa shape index (κ3) is 2.18. The number of nitrogens with zero attached hydrogens (tertiary/aromatic N) is 2. The van der Waals surface area contributed by atoms with Crippen LogP contribution < -0.4 is 5.73 Å². The third-order valence-electron chi connectivity index (χ3n) is 2.69. The molecule has 1 aromatic carbocycles. The minimum atomic E-state index is -4.48. The number of fused-ring (bicyclic) bond motifs is 1. The Kier molecular flexibility index (Phi) is 2.63. The van der Waals surface area contributed by atoms with E-state index in [1.165, 1.54) is 12.3 Å². The number of nitrogens with two attached hydrogens (primary N) is 1. The first kappa shape index (κ1) is 12.5. The van der Waals surface area contributed by atoms with E-state index in [2.05, 4.69) is 9.97 Å². The fourth-order valence-electron chi connectivity index (χ4n) is 1.83. The molecule has 0 bridgehead atoms. The monoisotopic (exact) mass is 279 g/mol. The number of pyridine rings is 1. The van der Waals surface area contributed by atoms with Gasteiger partial charge in [0.05, 0.1) is 5.56 Å². The van der Waals surface area contributed by atoms with Gasteiger partial charge in [-0.1, -0.05) is 0 Å². The highest BCUT2D eigenvalue weighted by molar-refractivity contribution is 5.73. The number of anilines is 1. The Bertz CT molecular complexity index is 747. The Morgan fingerprint density at radius 3 is 2.65 bits per heavy atom. The largest absolute Gasteiger partial charge is 0.434 e. The number of benzene rings is 1. The maximum atomic E-state index is 12.7. The van der Waals surface area contributed by atoms with Crippen molar-refractivity contribution < 1.29 is 17.6 Å². The summed E-state index contributed by atoms with van der Waals surface area (Å²) < 4.78 is 43.6. The molecule has 0 aliphatic carbocycles. The standard InChI is InChI=1S/C13H8F3N3O/c14-13(15,16)8-4-7(5-9(17)6-8)12-19-11-10(20-12)2-1-3-18-11/h1-6H,17H2. The first-order valence-electron chi connectivity index (χ1n) is 5.63. The third-order valence-corrected chi connectivity index (χ3v) is 2.69. The maximum absolute atomic E-state index is 12.7. The summed E-state index contributed by atoms with van der Waals surface area (Å²) in [6, 6.07) is 6.47. The van der Waals surface area contributed by atoms with Gasteiger partial charge < -0.3 is 10.2 Å². The molecule has 0 radical (unpaired) electrons. The average Bonchev–Trinajstić information content (AvgIpc) is 2.80. The second kappa shape index (κ2) is 4.22. The van der Waals surface area contributed by atoms with Crippen LogP contribution in [-0.4, -0.2) is 9.97 Å². The molecule has 2 heterocycles. The van der Waals surface area contributed by atoms with Crippen LogP contribution in [0.25, 0.3) is 22.7 Å². The summed E-state index contributed by atoms with van der Waals surface area (Å²) in [4.78, 5) is 8.01. The van der Waals surface area contributed by atoms with Crippen LogP contribution >= 0.6 is 0 Å². The number of alkyl halides is 3. The van der Waals surface area contributed by atoms with Crippen molar-refractivity contribution in [1.82, 2.24) is 9.97 Å². The van der Waals surface area contributed by atoms with E-state index in [9.17, 15) is 13.2 Å². The molecule has 0 spiro atoms. The van der Waals surface area contributed by atoms with Crippen molar-refractivity contribution in [2.75, 3.05) is 5.73 Å². The van der Waals surface area contributed by atoms with Crippen molar-refractivity contribution in [3.63, 3.8) is 0 Å². The molecule has 0 aliphatic heterocycles. The Morgan fingerprint density at radius 1 is 1.15 bits per heavy atom. The van der Waals surface area contributed by atoms with E-state index < -0.39 is 11.7 Å². The van der Waals surface area contributed by atoms with E-state index in [0.717, 1.165) is 12.1 Å². The van der Waals surface area contributed by atoms with Crippen LogP contribution in [0.4, 0.5) is 18.9 Å². The molecule has 3 rings (SSSR count). The number of aromatic nitrogens is 2. The molecule has 0 atom stereocenters. The molecule has 0 fully saturated rings. The molecule has 0 amide bonds. The minimum absolute atomic E-state index is 0.00922. The summed E-state index contributed by atoms with van der Waals surface area (Å²) in [6.45, 7) is 0. The van der Waals surface area contributed by atoms with Gasteiger partial charge in [-0.15, -0.1) is 0 Å². The second-order valence-corrected chi connectivity index (χ2v) is 4.19. The predicted molar refractivity (Wildman–Crippen MR) is 66.7 cm³/mol. The van der Waals surface area contributed by atoms with Crippen LogP contribution in [0.2, 0.25) is 0 Å². The summed E-state index contributed by atoms with van der Waals surface area (Å²) in [5.41, 5.74) is 5.54. The lowest BCUT2D eigenvalue weighted by molar-refractivity contribution is -0.137. The summed E-state index contributed by atoms with van der Waals surface area (Å²) in [5.74, 6) is 0.0523. The number of hydrogen-bond donors (Lipinski definition) is 1. The number of oxazole rings is 1. The average molecular weight is 279 g/mol. The molecule has 3 aromatic rings. The molecule has 2 aromatic heterocycles. The Hall–Kier alpha value is -2.57. The molecule has 2 N–H and O–H groups in total. The normalized spacial score (nSPS) is 11.9. The van der Waals surface area contributed by atoms with Crippen LogP contribution in [-0.2, 0) is 6.18 Å². The van der Waals surface area contributed by atoms with Crippen LogP contribution in [0.15, 0.2) is 40.9 Å². The topological polar surface area (TPSA) is 64.9 Å². The second-order valence-electron chi connectivity index (χ2n) is 4.19. The van der Waals surface area contributed by atoms with E-state index in [1.807, 2.05) is 0 Å². The van der Waals surface area contributed by atoms with E-state index in [0.29, 0.717) is 11.2 Å². The van der Waals surface area contributed by atoms with Crippen molar-refractivity contribution in [2.24, 2.45) is 0 Å². The van der Waals surface area contributed by atoms with Crippen molar-refractivity contribution in [3.05, 3.63) is 42.1 Å². The quantitative estimate of drug-likeness (QED) is 0.692. The molecule has 4 nitrogen and oxygen atoms in total. The maximum Gasteiger partial charge on any atom is 0.416 e. The SMILES string of the molecule is Nc1cc(-c2nc3ncccc3o2)cc(C(F)(F)F)c1. The molecule has 102 valence electrons. The fourth-order valence-corrected chi connectivity index (χ4v) is 1.83. The molecule has 0 saturated heterocycles. The lowest BCUT2D eigenvalue weighted by Gasteiger charge is -2.08. The number of nitrogen functional groups attached to an aromatic ring is 1. The number of halogens is 3. The zero-order valence-corrected chi connectivity index (χ0v) is 9.98. The van der Waals surface area contributed by atoms with Gasteiger partial charge in [-0.3, -0.25) is 0 Å². The van der Waals surface area contributed by atoms with Gasteiger partial charge in [-0.05, 0) is 30.3 Å². The lowest BCUT2D eigenvalue weighted by atomic mass is 10.1. The Labute approximate surface area is 111 Å². The van der Waals surface area contributed by atoms with Crippen molar-refractivity contribution in [1.29, 1.82) is 0 Å². The van der Waals surface area contributed by atoms with Crippen molar-refractivity contribution in [2.45, 2.75) is 6.18 Å². The van der Waals surface area contributed by atoms with Crippen molar-refractivity contribution >= 4 is 16.9 Å². The van der Waals surface area contributed by atoms with Gasteiger partial charge in [-0.2, -0.15) is 18.2 Å². The van der Waals surface area contributed by atoms with E-state index in [-0.39, 0.29) is 17.1 Å². The predicted octanol–water partition coefficient (Wildman–Crippen LogP) is 3.49. The molecular weight excluding hydrogens is 271 g/mol. The van der Waals surface area contributed by atoms with Gasteiger partial charge in [0.1, 0.15) is 0 Å². The van der Waals surface area contributed by atoms with Crippen LogP contribution in [0, 0.1) is 0 Å². The van der Waals surface area contributed by atoms with Gasteiger partial charge >= 0.3 is 6.18 Å². The first-order chi connectivity index (χ1) is 9.43. The zero-order valence-electron chi connectivity index (χ0n) is 9.98.